The molecule has 0 unspecified atom stereocenters. The molecule has 0 radical (unpaired) electrons. The van der Waals surface area contributed by atoms with Gasteiger partial charge in [0, 0.05) is 52.0 Å². The molecule has 0 aliphatic carbocycles. The number of ether oxygens (including phenoxy) is 3. The number of amides is 3. The first-order chi connectivity index (χ1) is 14.0. The summed E-state index contributed by atoms with van der Waals surface area (Å²) in [7, 11) is 3.37. The number of aliphatic hydroxyl groups excluding tert-OH is 1. The molecule has 11 nitrogen and oxygen atoms in total. The summed E-state index contributed by atoms with van der Waals surface area (Å²) in [5, 5.41) is 22.6. The molecule has 0 spiro atoms. The fraction of sp³-hybridized carbons (Fsp3) is 0.722. The molecule has 3 heterocycles. The summed E-state index contributed by atoms with van der Waals surface area (Å²) < 4.78 is 18.2. The van der Waals surface area contributed by atoms with Crippen LogP contribution in [0.4, 0.5) is 4.79 Å². The first kappa shape index (κ1) is 21.5. The fourth-order valence-corrected chi connectivity index (χ4v) is 3.57. The fourth-order valence-electron chi connectivity index (χ4n) is 3.57. The molecule has 0 bridgehead atoms. The summed E-state index contributed by atoms with van der Waals surface area (Å²) in [6.07, 6.45) is 1.78. The van der Waals surface area contributed by atoms with Crippen LogP contribution in [0.1, 0.15) is 18.4 Å². The van der Waals surface area contributed by atoms with E-state index in [1.807, 2.05) is 13.2 Å². The molecular weight excluding hydrogens is 382 g/mol. The molecule has 2 fully saturated rings. The normalized spacial score (nSPS) is 28.2. The number of methoxy groups -OCH3 is 1. The van der Waals surface area contributed by atoms with Crippen LogP contribution in [0, 0.1) is 0 Å². The summed E-state index contributed by atoms with van der Waals surface area (Å²) in [6, 6.07) is -0.348. The summed E-state index contributed by atoms with van der Waals surface area (Å²) in [4.78, 5) is 23.8. The molecule has 162 valence electrons. The van der Waals surface area contributed by atoms with E-state index in [1.165, 1.54) is 0 Å². The van der Waals surface area contributed by atoms with Gasteiger partial charge in [-0.15, -0.1) is 0 Å². The second-order valence-corrected chi connectivity index (χ2v) is 7.29. The molecule has 11 heteroatoms. The van der Waals surface area contributed by atoms with Gasteiger partial charge in [0.25, 0.3) is 0 Å². The largest absolute Gasteiger partial charge is 0.388 e. The molecule has 2 aliphatic rings. The van der Waals surface area contributed by atoms with Crippen LogP contribution in [0.25, 0.3) is 0 Å². The van der Waals surface area contributed by atoms with Crippen molar-refractivity contribution in [3.05, 3.63) is 18.0 Å². The number of aromatic nitrogens is 2. The third kappa shape index (κ3) is 5.89. The number of carbonyl (C=O) groups excluding carboxylic acids is 2. The number of nitrogens with zero attached hydrogens (tertiary/aromatic N) is 2. The Morgan fingerprint density at radius 3 is 2.86 bits per heavy atom. The maximum absolute atomic E-state index is 12.1. The van der Waals surface area contributed by atoms with E-state index in [2.05, 4.69) is 21.0 Å². The van der Waals surface area contributed by atoms with Crippen molar-refractivity contribution in [2.24, 2.45) is 7.05 Å². The lowest BCUT2D eigenvalue weighted by Gasteiger charge is -2.20. The minimum absolute atomic E-state index is 0.126. The molecule has 4 N–H and O–H groups in total. The molecule has 5 atom stereocenters. The van der Waals surface area contributed by atoms with Gasteiger partial charge in [-0.1, -0.05) is 0 Å². The van der Waals surface area contributed by atoms with Gasteiger partial charge in [-0.3, -0.25) is 9.48 Å². The van der Waals surface area contributed by atoms with Gasteiger partial charge in [0.15, 0.2) is 0 Å². The summed E-state index contributed by atoms with van der Waals surface area (Å²) in [5.41, 5.74) is 0.922. The molecule has 29 heavy (non-hydrogen) atoms. The lowest BCUT2D eigenvalue weighted by molar-refractivity contribution is -0.124. The van der Waals surface area contributed by atoms with E-state index in [-0.39, 0.29) is 37.1 Å². The van der Waals surface area contributed by atoms with Gasteiger partial charge in [-0.2, -0.15) is 5.10 Å². The zero-order valence-electron chi connectivity index (χ0n) is 16.7. The highest BCUT2D eigenvalue weighted by atomic mass is 16.6. The van der Waals surface area contributed by atoms with Crippen LogP contribution in [-0.2, 0) is 32.6 Å². The summed E-state index contributed by atoms with van der Waals surface area (Å²) >= 11 is 0. The highest BCUT2D eigenvalue weighted by molar-refractivity contribution is 5.76. The zero-order chi connectivity index (χ0) is 20.8. The van der Waals surface area contributed by atoms with E-state index in [0.29, 0.717) is 26.1 Å². The Morgan fingerprint density at radius 1 is 1.34 bits per heavy atom. The average molecular weight is 411 g/mol. The third-order valence-electron chi connectivity index (χ3n) is 4.99. The second kappa shape index (κ2) is 10.0. The molecular formula is C18H29N5O6. The number of carbonyl (C=O) groups is 2. The first-order valence-corrected chi connectivity index (χ1v) is 9.70. The van der Waals surface area contributed by atoms with Crippen molar-refractivity contribution in [1.29, 1.82) is 0 Å². The molecule has 1 aromatic heterocycles. The van der Waals surface area contributed by atoms with E-state index in [9.17, 15) is 14.7 Å². The molecule has 1 aromatic rings. The van der Waals surface area contributed by atoms with Crippen LogP contribution < -0.4 is 16.0 Å². The number of urea groups is 1. The molecule has 3 amide bonds. The van der Waals surface area contributed by atoms with Crippen LogP contribution in [0.5, 0.6) is 0 Å². The predicted octanol–water partition coefficient (Wildman–Crippen LogP) is -1.34. The molecule has 0 aromatic carbocycles. The number of rotatable bonds is 9. The van der Waals surface area contributed by atoms with Crippen molar-refractivity contribution in [3.63, 3.8) is 0 Å². The van der Waals surface area contributed by atoms with Gasteiger partial charge in [-0.25, -0.2) is 4.79 Å². The Hall–Kier alpha value is -2.21. The SMILES string of the molecule is COCCNC(=O)NC[C@H]1O[C@@H]2C[C@@H](CC(=O)NCc3cnn(C)c3)O[C@@H]2[C@@H]1O. The van der Waals surface area contributed by atoms with Gasteiger partial charge < -0.3 is 35.3 Å². The van der Waals surface area contributed by atoms with Crippen molar-refractivity contribution in [2.45, 2.75) is 49.9 Å². The number of fused-ring (bicyclic) bond motifs is 1. The predicted molar refractivity (Wildman–Crippen MR) is 101 cm³/mol. The number of hydrogen-bond donors (Lipinski definition) is 4. The van der Waals surface area contributed by atoms with Gasteiger partial charge in [0.2, 0.25) is 5.91 Å². The molecule has 2 saturated heterocycles. The minimum atomic E-state index is -0.859. The van der Waals surface area contributed by atoms with Crippen molar-refractivity contribution < 1.29 is 28.9 Å². The van der Waals surface area contributed by atoms with Gasteiger partial charge in [0.1, 0.15) is 18.3 Å². The highest BCUT2D eigenvalue weighted by Crippen LogP contribution is 2.35. The summed E-state index contributed by atoms with van der Waals surface area (Å²) in [6.45, 7) is 1.40. The van der Waals surface area contributed by atoms with Crippen LogP contribution >= 0.6 is 0 Å². The lowest BCUT2D eigenvalue weighted by atomic mass is 10.1. The monoisotopic (exact) mass is 411 g/mol. The highest BCUT2D eigenvalue weighted by Gasteiger charge is 2.50. The van der Waals surface area contributed by atoms with Crippen molar-refractivity contribution in [3.8, 4) is 0 Å². The Morgan fingerprint density at radius 2 is 2.17 bits per heavy atom. The Bertz CT molecular complexity index is 698. The molecule has 3 rings (SSSR count). The van der Waals surface area contributed by atoms with Crippen molar-refractivity contribution in [2.75, 3.05) is 26.8 Å². The number of aliphatic hydroxyl groups is 1. The van der Waals surface area contributed by atoms with E-state index in [4.69, 9.17) is 14.2 Å². The average Bonchev–Trinajstić information content (AvgIpc) is 3.35. The number of hydrogen-bond acceptors (Lipinski definition) is 7. The quantitative estimate of drug-likeness (QED) is 0.369. The lowest BCUT2D eigenvalue weighted by Crippen LogP contribution is -2.44. The van der Waals surface area contributed by atoms with Gasteiger partial charge >= 0.3 is 6.03 Å². The van der Waals surface area contributed by atoms with E-state index in [0.717, 1.165) is 5.56 Å². The van der Waals surface area contributed by atoms with Crippen LogP contribution in [0.15, 0.2) is 12.4 Å². The van der Waals surface area contributed by atoms with Crippen molar-refractivity contribution >= 4 is 11.9 Å². The summed E-state index contributed by atoms with van der Waals surface area (Å²) in [5.74, 6) is -0.126. The number of aryl methyl sites for hydroxylation is 1. The van der Waals surface area contributed by atoms with Crippen molar-refractivity contribution in [1.82, 2.24) is 25.7 Å². The topological polar surface area (TPSA) is 136 Å². The Kier molecular flexibility index (Phi) is 7.42. The number of nitrogens with one attached hydrogen (secondary N) is 3. The minimum Gasteiger partial charge on any atom is -0.388 e. The van der Waals surface area contributed by atoms with E-state index in [1.54, 1.807) is 18.0 Å². The Balaban J connectivity index is 1.36. The van der Waals surface area contributed by atoms with Crippen LogP contribution in [-0.4, -0.2) is 84.2 Å². The molecule has 0 saturated carbocycles. The molecule has 2 aliphatic heterocycles. The Labute approximate surface area is 169 Å². The second-order valence-electron chi connectivity index (χ2n) is 7.29. The van der Waals surface area contributed by atoms with Gasteiger partial charge in [-0.05, 0) is 0 Å². The zero-order valence-corrected chi connectivity index (χ0v) is 16.7. The third-order valence-corrected chi connectivity index (χ3v) is 4.99. The van der Waals surface area contributed by atoms with E-state index < -0.39 is 18.3 Å². The van der Waals surface area contributed by atoms with E-state index >= 15 is 0 Å². The first-order valence-electron chi connectivity index (χ1n) is 9.70. The maximum atomic E-state index is 12.1. The van der Waals surface area contributed by atoms with Gasteiger partial charge in [0.05, 0.1) is 31.4 Å². The van der Waals surface area contributed by atoms with Crippen LogP contribution in [0.3, 0.4) is 0 Å². The smallest absolute Gasteiger partial charge is 0.314 e. The van der Waals surface area contributed by atoms with Crippen LogP contribution in [0.2, 0.25) is 0 Å². The maximum Gasteiger partial charge on any atom is 0.314 e. The standard InChI is InChI=1S/C18H29N5O6/c1-23-10-11(8-22-23)7-20-15(24)6-12-5-13-17(28-12)16(25)14(29-13)9-21-18(26)19-3-4-27-2/h8,10,12-14,16-17,25H,3-7,9H2,1-2H3,(H,20,24)(H2,19,21,26)/t12-,13+,14+,16+,17-/m0/s1.